The minimum absolute atomic E-state index is 0.0198. The van der Waals surface area contributed by atoms with Crippen molar-refractivity contribution in [3.05, 3.63) is 72.8 Å². The Kier molecular flexibility index (Phi) is 6.50. The van der Waals surface area contributed by atoms with Crippen LogP contribution < -0.4 is 13.8 Å². The number of anilines is 1. The SMILES string of the molecule is C=CCN(c1cc(OC)c(OC)cc1C(=O)OC)S(=O)(=O)c1ccc2ccccc2c1. The molecule has 0 aromatic heterocycles. The molecular weight excluding hydrogens is 418 g/mol. The molecule has 0 spiro atoms. The van der Waals surface area contributed by atoms with Gasteiger partial charge in [-0.1, -0.05) is 36.4 Å². The first-order valence-electron chi connectivity index (χ1n) is 9.34. The van der Waals surface area contributed by atoms with Crippen molar-refractivity contribution in [1.82, 2.24) is 0 Å². The first-order valence-corrected chi connectivity index (χ1v) is 10.8. The van der Waals surface area contributed by atoms with Crippen molar-refractivity contribution in [2.75, 3.05) is 32.2 Å². The molecule has 0 aliphatic carbocycles. The molecule has 0 saturated heterocycles. The van der Waals surface area contributed by atoms with Crippen LogP contribution in [0.3, 0.4) is 0 Å². The Morgan fingerprint density at radius 3 is 2.23 bits per heavy atom. The van der Waals surface area contributed by atoms with Crippen LogP contribution in [0.5, 0.6) is 11.5 Å². The van der Waals surface area contributed by atoms with E-state index in [9.17, 15) is 13.2 Å². The minimum Gasteiger partial charge on any atom is -0.493 e. The van der Waals surface area contributed by atoms with Gasteiger partial charge in [-0.25, -0.2) is 13.2 Å². The number of rotatable bonds is 8. The summed E-state index contributed by atoms with van der Waals surface area (Å²) in [7, 11) is 0.0104. The highest BCUT2D eigenvalue weighted by Crippen LogP contribution is 2.38. The van der Waals surface area contributed by atoms with Gasteiger partial charge in [0.2, 0.25) is 0 Å². The van der Waals surface area contributed by atoms with Gasteiger partial charge in [-0.3, -0.25) is 4.31 Å². The van der Waals surface area contributed by atoms with Crippen molar-refractivity contribution in [3.8, 4) is 11.5 Å². The molecule has 0 fully saturated rings. The Balaban J connectivity index is 2.24. The van der Waals surface area contributed by atoms with E-state index in [-0.39, 0.29) is 34.2 Å². The lowest BCUT2D eigenvalue weighted by Gasteiger charge is -2.26. The number of benzene rings is 3. The van der Waals surface area contributed by atoms with Gasteiger partial charge in [-0.05, 0) is 22.9 Å². The molecule has 0 saturated carbocycles. The number of sulfonamides is 1. The zero-order chi connectivity index (χ0) is 22.6. The van der Waals surface area contributed by atoms with E-state index < -0.39 is 16.0 Å². The van der Waals surface area contributed by atoms with Crippen LogP contribution in [0, 0.1) is 0 Å². The van der Waals surface area contributed by atoms with Gasteiger partial charge in [0, 0.05) is 12.1 Å². The molecule has 0 bridgehead atoms. The van der Waals surface area contributed by atoms with Gasteiger partial charge < -0.3 is 14.2 Å². The molecule has 0 unspecified atom stereocenters. The number of carbonyl (C=O) groups is 1. The molecule has 0 aliphatic heterocycles. The third-order valence-corrected chi connectivity index (χ3v) is 6.56. The molecule has 162 valence electrons. The van der Waals surface area contributed by atoms with Crippen LogP contribution in [0.25, 0.3) is 10.8 Å². The van der Waals surface area contributed by atoms with Crippen molar-refractivity contribution in [1.29, 1.82) is 0 Å². The van der Waals surface area contributed by atoms with E-state index in [0.29, 0.717) is 0 Å². The number of nitrogens with zero attached hydrogens (tertiary/aromatic N) is 1. The van der Waals surface area contributed by atoms with Gasteiger partial charge in [0.05, 0.1) is 44.0 Å². The Hall–Kier alpha value is -3.52. The van der Waals surface area contributed by atoms with Crippen molar-refractivity contribution in [3.63, 3.8) is 0 Å². The molecule has 3 rings (SSSR count). The fourth-order valence-corrected chi connectivity index (χ4v) is 4.73. The first-order chi connectivity index (χ1) is 14.9. The highest BCUT2D eigenvalue weighted by Gasteiger charge is 2.30. The molecule has 7 nitrogen and oxygen atoms in total. The zero-order valence-electron chi connectivity index (χ0n) is 17.5. The maximum absolute atomic E-state index is 13.6. The van der Waals surface area contributed by atoms with E-state index in [4.69, 9.17) is 14.2 Å². The lowest BCUT2D eigenvalue weighted by Crippen LogP contribution is -2.32. The highest BCUT2D eigenvalue weighted by molar-refractivity contribution is 7.92. The summed E-state index contributed by atoms with van der Waals surface area (Å²) >= 11 is 0. The van der Waals surface area contributed by atoms with Gasteiger partial charge in [-0.15, -0.1) is 6.58 Å². The smallest absolute Gasteiger partial charge is 0.340 e. The molecule has 31 heavy (non-hydrogen) atoms. The Morgan fingerprint density at radius 1 is 0.968 bits per heavy atom. The average molecular weight is 442 g/mol. The lowest BCUT2D eigenvalue weighted by atomic mass is 10.1. The average Bonchev–Trinajstić information content (AvgIpc) is 2.80. The van der Waals surface area contributed by atoms with Crippen LogP contribution in [-0.2, 0) is 14.8 Å². The predicted molar refractivity (Wildman–Crippen MR) is 120 cm³/mol. The quantitative estimate of drug-likeness (QED) is 0.388. The number of esters is 1. The topological polar surface area (TPSA) is 82.1 Å². The highest BCUT2D eigenvalue weighted by atomic mass is 32.2. The monoisotopic (exact) mass is 441 g/mol. The van der Waals surface area contributed by atoms with Crippen LogP contribution in [0.15, 0.2) is 72.1 Å². The van der Waals surface area contributed by atoms with Crippen molar-refractivity contribution < 1.29 is 27.4 Å². The van der Waals surface area contributed by atoms with Gasteiger partial charge in [0.25, 0.3) is 10.0 Å². The number of hydrogen-bond donors (Lipinski definition) is 0. The van der Waals surface area contributed by atoms with Gasteiger partial charge in [0.1, 0.15) is 0 Å². The minimum atomic E-state index is -4.06. The van der Waals surface area contributed by atoms with Crippen molar-refractivity contribution in [2.24, 2.45) is 0 Å². The van der Waals surface area contributed by atoms with Crippen LogP contribution >= 0.6 is 0 Å². The number of methoxy groups -OCH3 is 3. The molecule has 3 aromatic carbocycles. The maximum atomic E-state index is 13.6. The third kappa shape index (κ3) is 4.20. The Labute approximate surface area is 181 Å². The Bertz CT molecular complexity index is 1240. The number of fused-ring (bicyclic) bond motifs is 1. The van der Waals surface area contributed by atoms with E-state index in [1.54, 1.807) is 12.1 Å². The molecule has 0 heterocycles. The van der Waals surface area contributed by atoms with Crippen LogP contribution in [0.2, 0.25) is 0 Å². The summed E-state index contributed by atoms with van der Waals surface area (Å²) in [5.74, 6) is -0.167. The largest absolute Gasteiger partial charge is 0.493 e. The summed E-state index contributed by atoms with van der Waals surface area (Å²) in [5.41, 5.74) is 0.115. The third-order valence-electron chi connectivity index (χ3n) is 4.78. The van der Waals surface area contributed by atoms with Gasteiger partial charge >= 0.3 is 5.97 Å². The van der Waals surface area contributed by atoms with Crippen LogP contribution in [0.1, 0.15) is 10.4 Å². The summed E-state index contributed by atoms with van der Waals surface area (Å²) in [5, 5.41) is 1.70. The summed E-state index contributed by atoms with van der Waals surface area (Å²) in [6.07, 6.45) is 1.44. The predicted octanol–water partition coefficient (Wildman–Crippen LogP) is 4.02. The zero-order valence-corrected chi connectivity index (χ0v) is 18.3. The van der Waals surface area contributed by atoms with E-state index in [0.717, 1.165) is 15.1 Å². The summed E-state index contributed by atoms with van der Waals surface area (Å²) in [6.45, 7) is 3.60. The van der Waals surface area contributed by atoms with Gasteiger partial charge in [0.15, 0.2) is 11.5 Å². The van der Waals surface area contributed by atoms with Crippen LogP contribution in [0.4, 0.5) is 5.69 Å². The normalized spacial score (nSPS) is 11.1. The molecule has 0 aliphatic rings. The van der Waals surface area contributed by atoms with E-state index >= 15 is 0 Å². The molecule has 3 aromatic rings. The summed E-state index contributed by atoms with van der Waals surface area (Å²) in [6, 6.07) is 15.2. The van der Waals surface area contributed by atoms with E-state index in [2.05, 4.69) is 6.58 Å². The van der Waals surface area contributed by atoms with Crippen molar-refractivity contribution in [2.45, 2.75) is 4.90 Å². The second-order valence-electron chi connectivity index (χ2n) is 6.55. The molecule has 8 heteroatoms. The molecule has 0 atom stereocenters. The standard InChI is InChI=1S/C23H23NO6S/c1-5-12-24(20-15-22(29-3)21(28-2)14-19(20)23(25)30-4)31(26,27)18-11-10-16-8-6-7-9-17(16)13-18/h5-11,13-15H,1,12H2,2-4H3. The van der Waals surface area contributed by atoms with Crippen LogP contribution in [-0.4, -0.2) is 42.3 Å². The maximum Gasteiger partial charge on any atom is 0.340 e. The molecule has 0 radical (unpaired) electrons. The molecule has 0 amide bonds. The fraction of sp³-hybridized carbons (Fsp3) is 0.174. The first kappa shape index (κ1) is 22.2. The number of carbonyl (C=O) groups excluding carboxylic acids is 1. The Morgan fingerprint density at radius 2 is 1.61 bits per heavy atom. The van der Waals surface area contributed by atoms with Crippen molar-refractivity contribution >= 4 is 32.5 Å². The molecular formula is C23H23NO6S. The number of ether oxygens (including phenoxy) is 3. The number of hydrogen-bond acceptors (Lipinski definition) is 6. The molecule has 0 N–H and O–H groups in total. The second kappa shape index (κ2) is 9.09. The van der Waals surface area contributed by atoms with Gasteiger partial charge in [-0.2, -0.15) is 0 Å². The summed E-state index contributed by atoms with van der Waals surface area (Å²) < 4.78 is 43.8. The summed E-state index contributed by atoms with van der Waals surface area (Å²) in [4.78, 5) is 12.6. The fourth-order valence-electron chi connectivity index (χ4n) is 3.25. The van der Waals surface area contributed by atoms with E-state index in [1.807, 2.05) is 24.3 Å². The van der Waals surface area contributed by atoms with E-state index in [1.165, 1.54) is 45.6 Å². The second-order valence-corrected chi connectivity index (χ2v) is 8.41. The lowest BCUT2D eigenvalue weighted by molar-refractivity contribution is 0.0601.